The van der Waals surface area contributed by atoms with Crippen molar-refractivity contribution in [2.45, 2.75) is 6.54 Å². The molecule has 0 saturated carbocycles. The largest absolute Gasteiger partial charge is 0.492 e. The molecule has 0 atom stereocenters. The zero-order valence-corrected chi connectivity index (χ0v) is 12.5. The number of aryl methyl sites for hydroxylation is 1. The van der Waals surface area contributed by atoms with Gasteiger partial charge in [0.2, 0.25) is 0 Å². The Morgan fingerprint density at radius 3 is 2.75 bits per heavy atom. The topological polar surface area (TPSA) is 29.4 Å². The monoisotopic (exact) mass is 273 g/mol. The van der Waals surface area contributed by atoms with E-state index in [9.17, 15) is 0 Å². The molecule has 1 aromatic carbocycles. The molecule has 108 valence electrons. The Morgan fingerprint density at radius 1 is 1.20 bits per heavy atom. The van der Waals surface area contributed by atoms with Gasteiger partial charge in [-0.2, -0.15) is 0 Å². The van der Waals surface area contributed by atoms with Gasteiger partial charge in [0, 0.05) is 37.2 Å². The SMILES string of the molecule is CN(C)CCOc1cccc(NCc2cccn2C)c1. The van der Waals surface area contributed by atoms with Crippen LogP contribution in [0.4, 0.5) is 5.69 Å². The van der Waals surface area contributed by atoms with Crippen molar-refractivity contribution in [2.24, 2.45) is 7.05 Å². The number of anilines is 1. The number of ether oxygens (including phenoxy) is 1. The van der Waals surface area contributed by atoms with Gasteiger partial charge in [-0.25, -0.2) is 0 Å². The van der Waals surface area contributed by atoms with Crippen molar-refractivity contribution in [1.29, 1.82) is 0 Å². The molecule has 0 unspecified atom stereocenters. The molecule has 2 aromatic rings. The number of benzene rings is 1. The molecule has 0 aliphatic carbocycles. The fraction of sp³-hybridized carbons (Fsp3) is 0.375. The number of likely N-dealkylation sites (N-methyl/N-ethyl adjacent to an activating group) is 1. The van der Waals surface area contributed by atoms with E-state index in [2.05, 4.69) is 46.2 Å². The van der Waals surface area contributed by atoms with Crippen LogP contribution in [0.25, 0.3) is 0 Å². The highest BCUT2D eigenvalue weighted by molar-refractivity contribution is 5.48. The molecule has 4 nitrogen and oxygen atoms in total. The molecular weight excluding hydrogens is 250 g/mol. The molecule has 0 radical (unpaired) electrons. The lowest BCUT2D eigenvalue weighted by atomic mass is 10.3. The van der Waals surface area contributed by atoms with E-state index in [-0.39, 0.29) is 0 Å². The predicted molar refractivity (Wildman–Crippen MR) is 83.2 cm³/mol. The third-order valence-corrected chi connectivity index (χ3v) is 3.17. The highest BCUT2D eigenvalue weighted by Crippen LogP contribution is 2.18. The smallest absolute Gasteiger partial charge is 0.121 e. The molecule has 0 aliphatic heterocycles. The molecule has 0 spiro atoms. The summed E-state index contributed by atoms with van der Waals surface area (Å²) in [5, 5.41) is 3.42. The van der Waals surface area contributed by atoms with Crippen molar-refractivity contribution in [3.8, 4) is 5.75 Å². The molecule has 0 amide bonds. The van der Waals surface area contributed by atoms with Gasteiger partial charge in [0.1, 0.15) is 12.4 Å². The van der Waals surface area contributed by atoms with Crippen molar-refractivity contribution in [2.75, 3.05) is 32.6 Å². The van der Waals surface area contributed by atoms with Crippen LogP contribution in [0.5, 0.6) is 5.75 Å². The lowest BCUT2D eigenvalue weighted by Crippen LogP contribution is -2.19. The van der Waals surface area contributed by atoms with Crippen LogP contribution in [0, 0.1) is 0 Å². The number of nitrogens with one attached hydrogen (secondary N) is 1. The number of hydrogen-bond donors (Lipinski definition) is 1. The van der Waals surface area contributed by atoms with Crippen molar-refractivity contribution >= 4 is 5.69 Å². The molecule has 0 aliphatic rings. The first kappa shape index (κ1) is 14.5. The second kappa shape index (κ2) is 7.01. The first-order valence-corrected chi connectivity index (χ1v) is 6.87. The van der Waals surface area contributed by atoms with Gasteiger partial charge < -0.3 is 19.5 Å². The lowest BCUT2D eigenvalue weighted by Gasteiger charge is -2.12. The van der Waals surface area contributed by atoms with Gasteiger partial charge in [-0.05, 0) is 38.4 Å². The van der Waals surface area contributed by atoms with Crippen molar-refractivity contribution in [3.05, 3.63) is 48.3 Å². The van der Waals surface area contributed by atoms with Crippen LogP contribution in [0.2, 0.25) is 0 Å². The van der Waals surface area contributed by atoms with Crippen LogP contribution in [-0.4, -0.2) is 36.7 Å². The summed E-state index contributed by atoms with van der Waals surface area (Å²) >= 11 is 0. The quantitative estimate of drug-likeness (QED) is 0.841. The van der Waals surface area contributed by atoms with Gasteiger partial charge in [0.25, 0.3) is 0 Å². The Labute approximate surface area is 121 Å². The van der Waals surface area contributed by atoms with Gasteiger partial charge in [0.05, 0.1) is 6.54 Å². The van der Waals surface area contributed by atoms with E-state index in [0.29, 0.717) is 6.61 Å². The highest BCUT2D eigenvalue weighted by atomic mass is 16.5. The van der Waals surface area contributed by atoms with E-state index < -0.39 is 0 Å². The summed E-state index contributed by atoms with van der Waals surface area (Å²) in [4.78, 5) is 2.11. The number of hydrogen-bond acceptors (Lipinski definition) is 3. The van der Waals surface area contributed by atoms with E-state index >= 15 is 0 Å². The van der Waals surface area contributed by atoms with Crippen LogP contribution in [-0.2, 0) is 13.6 Å². The summed E-state index contributed by atoms with van der Waals surface area (Å²) in [6.45, 7) is 2.43. The highest BCUT2D eigenvalue weighted by Gasteiger charge is 2.00. The van der Waals surface area contributed by atoms with Crippen molar-refractivity contribution < 1.29 is 4.74 Å². The van der Waals surface area contributed by atoms with Crippen LogP contribution in [0.3, 0.4) is 0 Å². The van der Waals surface area contributed by atoms with Crippen molar-refractivity contribution in [3.63, 3.8) is 0 Å². The second-order valence-electron chi connectivity index (χ2n) is 5.14. The maximum absolute atomic E-state index is 5.73. The second-order valence-corrected chi connectivity index (χ2v) is 5.14. The summed E-state index contributed by atoms with van der Waals surface area (Å²) in [5.74, 6) is 0.906. The van der Waals surface area contributed by atoms with Crippen LogP contribution < -0.4 is 10.1 Å². The van der Waals surface area contributed by atoms with Gasteiger partial charge >= 0.3 is 0 Å². The van der Waals surface area contributed by atoms with E-state index in [1.54, 1.807) is 0 Å². The zero-order valence-electron chi connectivity index (χ0n) is 12.5. The fourth-order valence-electron chi connectivity index (χ4n) is 1.91. The van der Waals surface area contributed by atoms with E-state index in [1.165, 1.54) is 5.69 Å². The zero-order chi connectivity index (χ0) is 14.4. The first-order valence-electron chi connectivity index (χ1n) is 6.87. The summed E-state index contributed by atoms with van der Waals surface area (Å²) < 4.78 is 7.85. The molecule has 0 saturated heterocycles. The van der Waals surface area contributed by atoms with Crippen molar-refractivity contribution in [1.82, 2.24) is 9.47 Å². The average molecular weight is 273 g/mol. The van der Waals surface area contributed by atoms with Gasteiger partial charge in [-0.3, -0.25) is 0 Å². The molecule has 1 heterocycles. The standard InChI is InChI=1S/C16H23N3O/c1-18(2)10-11-20-16-8-4-6-14(12-16)17-13-15-7-5-9-19(15)3/h4-9,12,17H,10-11,13H2,1-3H3. The number of nitrogens with zero attached hydrogens (tertiary/aromatic N) is 2. The molecular formula is C16H23N3O. The first-order chi connectivity index (χ1) is 9.65. The Kier molecular flexibility index (Phi) is 5.07. The average Bonchev–Trinajstić information content (AvgIpc) is 2.82. The molecule has 4 heteroatoms. The molecule has 0 bridgehead atoms. The Bertz CT molecular complexity index is 534. The summed E-state index contributed by atoms with van der Waals surface area (Å²) in [6, 6.07) is 12.3. The van der Waals surface area contributed by atoms with Gasteiger partial charge in [0.15, 0.2) is 0 Å². The Balaban J connectivity index is 1.87. The lowest BCUT2D eigenvalue weighted by molar-refractivity contribution is 0.261. The third-order valence-electron chi connectivity index (χ3n) is 3.17. The Hall–Kier alpha value is -1.94. The van der Waals surface area contributed by atoms with Crippen LogP contribution in [0.15, 0.2) is 42.6 Å². The van der Waals surface area contributed by atoms with Crippen LogP contribution in [0.1, 0.15) is 5.69 Å². The number of aromatic nitrogens is 1. The van der Waals surface area contributed by atoms with Gasteiger partial charge in [-0.15, -0.1) is 0 Å². The molecule has 1 aromatic heterocycles. The molecule has 0 fully saturated rings. The summed E-state index contributed by atoms with van der Waals surface area (Å²) in [7, 11) is 6.14. The summed E-state index contributed by atoms with van der Waals surface area (Å²) in [6.07, 6.45) is 2.05. The fourth-order valence-corrected chi connectivity index (χ4v) is 1.91. The Morgan fingerprint density at radius 2 is 2.05 bits per heavy atom. The normalized spacial score (nSPS) is 10.8. The number of rotatable bonds is 7. The molecule has 2 rings (SSSR count). The maximum atomic E-state index is 5.73. The maximum Gasteiger partial charge on any atom is 0.121 e. The summed E-state index contributed by atoms with van der Waals surface area (Å²) in [5.41, 5.74) is 2.33. The van der Waals surface area contributed by atoms with Gasteiger partial charge in [-0.1, -0.05) is 6.07 Å². The molecule has 1 N–H and O–H groups in total. The van der Waals surface area contributed by atoms with E-state index in [0.717, 1.165) is 24.5 Å². The van der Waals surface area contributed by atoms with E-state index in [4.69, 9.17) is 4.74 Å². The van der Waals surface area contributed by atoms with Crippen LogP contribution >= 0.6 is 0 Å². The minimum atomic E-state index is 0.703. The molecule has 20 heavy (non-hydrogen) atoms. The van der Waals surface area contributed by atoms with E-state index in [1.807, 2.05) is 32.3 Å². The third kappa shape index (κ3) is 4.31. The minimum absolute atomic E-state index is 0.703. The predicted octanol–water partition coefficient (Wildman–Crippen LogP) is 2.58. The minimum Gasteiger partial charge on any atom is -0.492 e.